The molecule has 0 amide bonds. The van der Waals surface area contributed by atoms with E-state index in [1.807, 2.05) is 36.4 Å². The van der Waals surface area contributed by atoms with Crippen LogP contribution >= 0.6 is 11.6 Å². The number of hydrogen-bond donors (Lipinski definition) is 1. The predicted octanol–water partition coefficient (Wildman–Crippen LogP) is 4.13. The topological polar surface area (TPSA) is 33.6 Å². The summed E-state index contributed by atoms with van der Waals surface area (Å²) in [6, 6.07) is 14.1. The molecule has 0 saturated carbocycles. The lowest BCUT2D eigenvalue weighted by molar-refractivity contribution is 0.128. The third-order valence-electron chi connectivity index (χ3n) is 3.95. The molecule has 120 valence electrons. The molecule has 2 aromatic carbocycles. The Morgan fingerprint density at radius 2 is 1.96 bits per heavy atom. The molecule has 0 spiro atoms. The van der Waals surface area contributed by atoms with Crippen LogP contribution < -0.4 is 5.32 Å². The van der Waals surface area contributed by atoms with E-state index < -0.39 is 0 Å². The van der Waals surface area contributed by atoms with Gasteiger partial charge in [-0.15, -0.1) is 0 Å². The van der Waals surface area contributed by atoms with Gasteiger partial charge in [0, 0.05) is 23.0 Å². The van der Waals surface area contributed by atoms with Crippen LogP contribution in [0, 0.1) is 5.82 Å². The van der Waals surface area contributed by atoms with Crippen LogP contribution in [0.4, 0.5) is 4.39 Å². The van der Waals surface area contributed by atoms with Crippen molar-refractivity contribution in [1.29, 1.82) is 0 Å². The van der Waals surface area contributed by atoms with Gasteiger partial charge in [-0.05, 0) is 36.7 Å². The molecule has 1 unspecified atom stereocenters. The Labute approximate surface area is 140 Å². The zero-order chi connectivity index (χ0) is 16.1. The lowest BCUT2D eigenvalue weighted by Crippen LogP contribution is -2.36. The molecule has 1 fully saturated rings. The quantitative estimate of drug-likeness (QED) is 0.854. The molecule has 1 N–H and O–H groups in total. The average molecular weight is 333 g/mol. The molecule has 0 bridgehead atoms. The SMILES string of the molecule is Fc1ccc(C2CCNC/C2=N\OCc2ccccc2Cl)cc1. The van der Waals surface area contributed by atoms with Gasteiger partial charge in [0.25, 0.3) is 0 Å². The highest BCUT2D eigenvalue weighted by molar-refractivity contribution is 6.31. The molecular weight excluding hydrogens is 315 g/mol. The Morgan fingerprint density at radius 1 is 1.17 bits per heavy atom. The third-order valence-corrected chi connectivity index (χ3v) is 4.32. The Balaban J connectivity index is 1.71. The number of rotatable bonds is 4. The molecule has 0 aliphatic carbocycles. The minimum absolute atomic E-state index is 0.156. The Morgan fingerprint density at radius 3 is 2.74 bits per heavy atom. The molecule has 2 aromatic rings. The summed E-state index contributed by atoms with van der Waals surface area (Å²) in [6.45, 7) is 1.91. The van der Waals surface area contributed by atoms with Crippen LogP contribution in [0.5, 0.6) is 0 Å². The van der Waals surface area contributed by atoms with E-state index in [4.69, 9.17) is 16.4 Å². The molecule has 1 heterocycles. The first kappa shape index (κ1) is 16.0. The maximum atomic E-state index is 13.1. The summed E-state index contributed by atoms with van der Waals surface area (Å²) in [5, 5.41) is 8.27. The number of benzene rings is 2. The van der Waals surface area contributed by atoms with Crippen molar-refractivity contribution < 1.29 is 9.23 Å². The average Bonchev–Trinajstić information content (AvgIpc) is 2.58. The van der Waals surface area contributed by atoms with Gasteiger partial charge in [0.05, 0.1) is 5.71 Å². The normalized spacial score (nSPS) is 19.7. The van der Waals surface area contributed by atoms with Crippen LogP contribution in [-0.2, 0) is 11.4 Å². The van der Waals surface area contributed by atoms with Crippen molar-refractivity contribution in [1.82, 2.24) is 5.32 Å². The Bertz CT molecular complexity index is 688. The van der Waals surface area contributed by atoms with Crippen molar-refractivity contribution in [3.05, 3.63) is 70.5 Å². The number of hydrogen-bond acceptors (Lipinski definition) is 3. The van der Waals surface area contributed by atoms with Crippen molar-refractivity contribution in [3.63, 3.8) is 0 Å². The van der Waals surface area contributed by atoms with Crippen molar-refractivity contribution >= 4 is 17.3 Å². The van der Waals surface area contributed by atoms with Gasteiger partial charge in [-0.3, -0.25) is 0 Å². The van der Waals surface area contributed by atoms with Crippen LogP contribution in [0.1, 0.15) is 23.5 Å². The molecule has 1 atom stereocenters. The maximum Gasteiger partial charge on any atom is 0.143 e. The van der Waals surface area contributed by atoms with Crippen LogP contribution in [-0.4, -0.2) is 18.8 Å². The van der Waals surface area contributed by atoms with Crippen molar-refractivity contribution in [3.8, 4) is 0 Å². The summed E-state index contributed by atoms with van der Waals surface area (Å²) < 4.78 is 13.1. The fourth-order valence-corrected chi connectivity index (χ4v) is 2.89. The third kappa shape index (κ3) is 4.09. The maximum absolute atomic E-state index is 13.1. The molecule has 3 nitrogen and oxygen atoms in total. The molecule has 1 aliphatic rings. The van der Waals surface area contributed by atoms with E-state index in [0.717, 1.165) is 29.8 Å². The van der Waals surface area contributed by atoms with Gasteiger partial charge in [-0.25, -0.2) is 4.39 Å². The summed E-state index contributed by atoms with van der Waals surface area (Å²) in [7, 11) is 0. The second-order valence-electron chi connectivity index (χ2n) is 5.52. The predicted molar refractivity (Wildman–Crippen MR) is 90.3 cm³/mol. The van der Waals surface area contributed by atoms with Gasteiger partial charge < -0.3 is 10.2 Å². The van der Waals surface area contributed by atoms with Crippen molar-refractivity contribution in [2.24, 2.45) is 5.16 Å². The van der Waals surface area contributed by atoms with Gasteiger partial charge >= 0.3 is 0 Å². The van der Waals surface area contributed by atoms with Crippen LogP contribution in [0.3, 0.4) is 0 Å². The van der Waals surface area contributed by atoms with Gasteiger partial charge in [-0.1, -0.05) is 47.1 Å². The number of halogens is 2. The Kier molecular flexibility index (Phi) is 5.26. The second-order valence-corrected chi connectivity index (χ2v) is 5.92. The smallest absolute Gasteiger partial charge is 0.143 e. The first-order valence-electron chi connectivity index (χ1n) is 7.62. The van der Waals surface area contributed by atoms with Crippen molar-refractivity contribution in [2.75, 3.05) is 13.1 Å². The summed E-state index contributed by atoms with van der Waals surface area (Å²) in [6.07, 6.45) is 0.917. The van der Waals surface area contributed by atoms with E-state index >= 15 is 0 Å². The van der Waals surface area contributed by atoms with Gasteiger partial charge in [0.2, 0.25) is 0 Å². The first-order valence-corrected chi connectivity index (χ1v) is 8.00. The summed E-state index contributed by atoms with van der Waals surface area (Å²) >= 11 is 6.11. The van der Waals surface area contributed by atoms with Crippen LogP contribution in [0.25, 0.3) is 0 Å². The van der Waals surface area contributed by atoms with Crippen LogP contribution in [0.2, 0.25) is 5.02 Å². The zero-order valence-electron chi connectivity index (χ0n) is 12.6. The fourth-order valence-electron chi connectivity index (χ4n) is 2.70. The number of piperidine rings is 1. The van der Waals surface area contributed by atoms with E-state index in [-0.39, 0.29) is 11.7 Å². The monoisotopic (exact) mass is 332 g/mol. The van der Waals surface area contributed by atoms with E-state index in [2.05, 4.69) is 10.5 Å². The minimum atomic E-state index is -0.226. The van der Waals surface area contributed by atoms with E-state index in [9.17, 15) is 4.39 Å². The van der Waals surface area contributed by atoms with Gasteiger partial charge in [-0.2, -0.15) is 0 Å². The highest BCUT2D eigenvalue weighted by atomic mass is 35.5. The van der Waals surface area contributed by atoms with E-state index in [0.29, 0.717) is 18.2 Å². The van der Waals surface area contributed by atoms with E-state index in [1.54, 1.807) is 0 Å². The minimum Gasteiger partial charge on any atom is -0.391 e. The standard InChI is InChI=1S/C18H18ClFN2O/c19-17-4-2-1-3-14(17)12-23-22-18-11-21-10-9-16(18)13-5-7-15(20)8-6-13/h1-8,16,21H,9-12H2/b22-18+. The number of nitrogens with zero attached hydrogens (tertiary/aromatic N) is 1. The number of nitrogens with one attached hydrogen (secondary N) is 1. The summed E-state index contributed by atoms with van der Waals surface area (Å²) in [5.41, 5.74) is 2.89. The first-order chi connectivity index (χ1) is 11.2. The molecule has 23 heavy (non-hydrogen) atoms. The van der Waals surface area contributed by atoms with Gasteiger partial charge in [0.1, 0.15) is 12.4 Å². The molecule has 1 aliphatic heterocycles. The zero-order valence-corrected chi connectivity index (χ0v) is 13.4. The largest absolute Gasteiger partial charge is 0.391 e. The van der Waals surface area contributed by atoms with Gasteiger partial charge in [0.15, 0.2) is 0 Å². The molecule has 0 radical (unpaired) electrons. The second kappa shape index (κ2) is 7.57. The van der Waals surface area contributed by atoms with Crippen LogP contribution in [0.15, 0.2) is 53.7 Å². The van der Waals surface area contributed by atoms with E-state index in [1.165, 1.54) is 12.1 Å². The molecule has 0 aromatic heterocycles. The highest BCUT2D eigenvalue weighted by Gasteiger charge is 2.22. The molecule has 1 saturated heterocycles. The number of oxime groups is 1. The lowest BCUT2D eigenvalue weighted by atomic mass is 9.88. The fraction of sp³-hybridized carbons (Fsp3) is 0.278. The molecule has 3 rings (SSSR count). The lowest BCUT2D eigenvalue weighted by Gasteiger charge is -2.24. The van der Waals surface area contributed by atoms with Crippen molar-refractivity contribution in [2.45, 2.75) is 18.9 Å². The summed E-state index contributed by atoms with van der Waals surface area (Å²) in [5.74, 6) is -0.0702. The molecule has 5 heteroatoms. The highest BCUT2D eigenvalue weighted by Crippen LogP contribution is 2.24. The molecular formula is C18H18ClFN2O. The Hall–Kier alpha value is -1.91. The summed E-state index contributed by atoms with van der Waals surface area (Å²) in [4.78, 5) is 5.50.